The lowest BCUT2D eigenvalue weighted by molar-refractivity contribution is 0.360. The molecule has 0 unspecified atom stereocenters. The smallest absolute Gasteiger partial charge is 0.226 e. The third-order valence-corrected chi connectivity index (χ3v) is 3.19. The number of hydrogen-bond donors (Lipinski definition) is 2. The topological polar surface area (TPSA) is 58.0 Å². The molecule has 88 valence electrons. The zero-order chi connectivity index (χ0) is 11.5. The molecule has 4 nitrogen and oxygen atoms in total. The van der Waals surface area contributed by atoms with E-state index >= 15 is 0 Å². The van der Waals surface area contributed by atoms with Gasteiger partial charge in [-0.05, 0) is 38.5 Å². The van der Waals surface area contributed by atoms with Gasteiger partial charge in [-0.2, -0.15) is 4.98 Å². The van der Waals surface area contributed by atoms with Gasteiger partial charge in [0.05, 0.1) is 0 Å². The van der Waals surface area contributed by atoms with E-state index in [1.807, 2.05) is 6.92 Å². The maximum absolute atomic E-state index is 9.37. The first-order chi connectivity index (χ1) is 7.63. The average molecular weight is 221 g/mol. The van der Waals surface area contributed by atoms with Crippen molar-refractivity contribution in [3.05, 3.63) is 11.8 Å². The van der Waals surface area contributed by atoms with Gasteiger partial charge in [0.15, 0.2) is 0 Å². The molecule has 4 heteroatoms. The minimum Gasteiger partial charge on any atom is -0.493 e. The molecule has 1 aromatic heterocycles. The fraction of sp³-hybridized carbons (Fsp3) is 0.667. The lowest BCUT2D eigenvalue weighted by Gasteiger charge is -2.26. The van der Waals surface area contributed by atoms with E-state index in [4.69, 9.17) is 0 Å². The predicted molar refractivity (Wildman–Crippen MR) is 63.5 cm³/mol. The van der Waals surface area contributed by atoms with Crippen LogP contribution in [0.15, 0.2) is 6.07 Å². The van der Waals surface area contributed by atoms with E-state index in [0.717, 1.165) is 11.6 Å². The summed E-state index contributed by atoms with van der Waals surface area (Å²) in [5.41, 5.74) is 0.791. The summed E-state index contributed by atoms with van der Waals surface area (Å²) in [5.74, 6) is 1.43. The molecule has 2 N–H and O–H groups in total. The summed E-state index contributed by atoms with van der Waals surface area (Å²) >= 11 is 0. The van der Waals surface area contributed by atoms with Crippen LogP contribution >= 0.6 is 0 Å². The zero-order valence-corrected chi connectivity index (χ0v) is 9.90. The lowest BCUT2D eigenvalue weighted by atomic mass is 9.87. The first-order valence-corrected chi connectivity index (χ1v) is 5.94. The van der Waals surface area contributed by atoms with E-state index in [-0.39, 0.29) is 5.88 Å². The summed E-state index contributed by atoms with van der Waals surface area (Å²) in [4.78, 5) is 8.25. The van der Waals surface area contributed by atoms with Gasteiger partial charge in [0, 0.05) is 17.8 Å². The number of nitrogens with zero attached hydrogens (tertiary/aromatic N) is 2. The highest BCUT2D eigenvalue weighted by Crippen LogP contribution is 2.25. The number of anilines is 1. The first kappa shape index (κ1) is 11.2. The molecule has 2 rings (SSSR count). The van der Waals surface area contributed by atoms with Gasteiger partial charge in [0.1, 0.15) is 0 Å². The van der Waals surface area contributed by atoms with Crippen LogP contribution in [0.25, 0.3) is 0 Å². The van der Waals surface area contributed by atoms with Crippen molar-refractivity contribution in [1.29, 1.82) is 0 Å². The normalized spacial score (nSPS) is 25.4. The van der Waals surface area contributed by atoms with Crippen LogP contribution < -0.4 is 5.32 Å². The minimum atomic E-state index is 0.0409. The predicted octanol–water partition coefficient (Wildman–Crippen LogP) is 2.48. The monoisotopic (exact) mass is 221 g/mol. The van der Waals surface area contributed by atoms with Crippen molar-refractivity contribution in [2.75, 3.05) is 5.32 Å². The summed E-state index contributed by atoms with van der Waals surface area (Å²) in [6, 6.07) is 2.02. The Morgan fingerprint density at radius 1 is 1.25 bits per heavy atom. The molecule has 1 heterocycles. The summed E-state index contributed by atoms with van der Waals surface area (Å²) in [6.45, 7) is 4.15. The van der Waals surface area contributed by atoms with Gasteiger partial charge >= 0.3 is 0 Å². The number of aromatic hydroxyl groups is 1. The molecule has 0 aliphatic heterocycles. The average Bonchev–Trinajstić information content (AvgIpc) is 2.20. The fourth-order valence-corrected chi connectivity index (χ4v) is 2.20. The second-order valence-corrected chi connectivity index (χ2v) is 4.79. The van der Waals surface area contributed by atoms with Crippen LogP contribution in [-0.2, 0) is 0 Å². The summed E-state index contributed by atoms with van der Waals surface area (Å²) in [6.07, 6.45) is 4.85. The molecular weight excluding hydrogens is 202 g/mol. The van der Waals surface area contributed by atoms with E-state index in [2.05, 4.69) is 22.2 Å². The maximum atomic E-state index is 9.37. The molecule has 0 atom stereocenters. The Kier molecular flexibility index (Phi) is 3.27. The number of aryl methyl sites for hydroxylation is 1. The standard InChI is InChI=1S/C12H19N3O/c1-8-3-5-10(6-4-8)14-12-13-9(2)7-11(16)15-12/h7-8,10H,3-6H2,1-2H3,(H2,13,14,15,16). The second-order valence-electron chi connectivity index (χ2n) is 4.79. The molecule has 0 saturated heterocycles. The molecule has 0 radical (unpaired) electrons. The largest absolute Gasteiger partial charge is 0.493 e. The summed E-state index contributed by atoms with van der Waals surface area (Å²) < 4.78 is 0. The van der Waals surface area contributed by atoms with Crippen LogP contribution in [0, 0.1) is 12.8 Å². The highest BCUT2D eigenvalue weighted by atomic mass is 16.3. The molecule has 16 heavy (non-hydrogen) atoms. The van der Waals surface area contributed by atoms with Crippen molar-refractivity contribution in [3.8, 4) is 5.88 Å². The van der Waals surface area contributed by atoms with Crippen LogP contribution in [0.1, 0.15) is 38.3 Å². The quantitative estimate of drug-likeness (QED) is 0.805. The van der Waals surface area contributed by atoms with Gasteiger partial charge in [0.2, 0.25) is 11.8 Å². The Hall–Kier alpha value is -1.32. The van der Waals surface area contributed by atoms with Gasteiger partial charge in [-0.3, -0.25) is 0 Å². The first-order valence-electron chi connectivity index (χ1n) is 5.94. The zero-order valence-electron chi connectivity index (χ0n) is 9.90. The van der Waals surface area contributed by atoms with Crippen LogP contribution in [0.3, 0.4) is 0 Å². The third kappa shape index (κ3) is 2.84. The molecule has 1 fully saturated rings. The van der Waals surface area contributed by atoms with Crippen molar-refractivity contribution in [1.82, 2.24) is 9.97 Å². The number of nitrogens with one attached hydrogen (secondary N) is 1. The Morgan fingerprint density at radius 2 is 1.94 bits per heavy atom. The van der Waals surface area contributed by atoms with Gasteiger partial charge in [-0.1, -0.05) is 6.92 Å². The molecule has 1 aliphatic rings. The van der Waals surface area contributed by atoms with Crippen LogP contribution in [0.2, 0.25) is 0 Å². The van der Waals surface area contributed by atoms with E-state index in [9.17, 15) is 5.11 Å². The minimum absolute atomic E-state index is 0.0409. The SMILES string of the molecule is Cc1cc(O)nc(NC2CCC(C)CC2)n1. The molecule has 0 bridgehead atoms. The van der Waals surface area contributed by atoms with Crippen molar-refractivity contribution in [3.63, 3.8) is 0 Å². The highest BCUT2D eigenvalue weighted by Gasteiger charge is 2.18. The molecule has 0 spiro atoms. The lowest BCUT2D eigenvalue weighted by Crippen LogP contribution is -2.26. The van der Waals surface area contributed by atoms with Gasteiger partial charge in [0.25, 0.3) is 0 Å². The molecule has 1 saturated carbocycles. The Bertz CT molecular complexity index is 339. The molecular formula is C12H19N3O. The Labute approximate surface area is 96.1 Å². The Morgan fingerprint density at radius 3 is 2.56 bits per heavy atom. The van der Waals surface area contributed by atoms with Crippen molar-refractivity contribution in [2.45, 2.75) is 45.6 Å². The summed E-state index contributed by atoms with van der Waals surface area (Å²) in [7, 11) is 0. The highest BCUT2D eigenvalue weighted by molar-refractivity contribution is 5.31. The van der Waals surface area contributed by atoms with Crippen LogP contribution in [0.5, 0.6) is 5.88 Å². The van der Waals surface area contributed by atoms with Crippen molar-refractivity contribution >= 4 is 5.95 Å². The van der Waals surface area contributed by atoms with Crippen molar-refractivity contribution in [2.24, 2.45) is 5.92 Å². The second kappa shape index (κ2) is 4.68. The van der Waals surface area contributed by atoms with E-state index in [0.29, 0.717) is 12.0 Å². The third-order valence-electron chi connectivity index (χ3n) is 3.19. The van der Waals surface area contributed by atoms with E-state index in [1.54, 1.807) is 6.07 Å². The van der Waals surface area contributed by atoms with E-state index in [1.165, 1.54) is 25.7 Å². The Balaban J connectivity index is 1.98. The van der Waals surface area contributed by atoms with Crippen molar-refractivity contribution < 1.29 is 5.11 Å². The van der Waals surface area contributed by atoms with Crippen LogP contribution in [0.4, 0.5) is 5.95 Å². The molecule has 1 aliphatic carbocycles. The van der Waals surface area contributed by atoms with Crippen LogP contribution in [-0.4, -0.2) is 21.1 Å². The van der Waals surface area contributed by atoms with Gasteiger partial charge in [-0.25, -0.2) is 4.98 Å². The van der Waals surface area contributed by atoms with Gasteiger partial charge in [-0.15, -0.1) is 0 Å². The molecule has 0 amide bonds. The fourth-order valence-electron chi connectivity index (χ4n) is 2.20. The maximum Gasteiger partial charge on any atom is 0.226 e. The van der Waals surface area contributed by atoms with E-state index < -0.39 is 0 Å². The molecule has 0 aromatic carbocycles. The number of aromatic nitrogens is 2. The van der Waals surface area contributed by atoms with Gasteiger partial charge < -0.3 is 10.4 Å². The summed E-state index contributed by atoms with van der Waals surface area (Å²) in [5, 5.41) is 12.7. The number of rotatable bonds is 2. The number of hydrogen-bond acceptors (Lipinski definition) is 4. The molecule has 1 aromatic rings.